The Balaban J connectivity index is 0.00000169. The molecule has 1 aliphatic heterocycles. The lowest BCUT2D eigenvalue weighted by Crippen LogP contribution is -2.38. The van der Waals surface area contributed by atoms with E-state index < -0.39 is 0 Å². The van der Waals surface area contributed by atoms with Crippen LogP contribution in [0.1, 0.15) is 33.6 Å². The Morgan fingerprint density at radius 2 is 2.00 bits per heavy atom. The van der Waals surface area contributed by atoms with Crippen molar-refractivity contribution in [1.82, 2.24) is 10.2 Å². The van der Waals surface area contributed by atoms with Crippen LogP contribution in [-0.4, -0.2) is 37.6 Å². The van der Waals surface area contributed by atoms with Crippen molar-refractivity contribution < 1.29 is 0 Å². The number of likely N-dealkylation sites (N-methyl/N-ethyl adjacent to an activating group) is 1. The zero-order chi connectivity index (χ0) is 9.90. The number of hydrogen-bond acceptors (Lipinski definition) is 2. The summed E-state index contributed by atoms with van der Waals surface area (Å²) in [6.45, 7) is 10.4. The zero-order valence-corrected chi connectivity index (χ0v) is 10.8. The number of nitrogens with one attached hydrogen (secondary N) is 1. The Morgan fingerprint density at radius 3 is 2.43 bits per heavy atom. The highest BCUT2D eigenvalue weighted by atomic mass is 35.5. The van der Waals surface area contributed by atoms with Crippen molar-refractivity contribution in [3.05, 3.63) is 0 Å². The second kappa shape index (κ2) is 5.94. The molecule has 1 heterocycles. The van der Waals surface area contributed by atoms with E-state index in [1.807, 2.05) is 0 Å². The molecule has 1 fully saturated rings. The van der Waals surface area contributed by atoms with Crippen molar-refractivity contribution >= 4 is 12.4 Å². The molecule has 86 valence electrons. The van der Waals surface area contributed by atoms with Crippen molar-refractivity contribution in [2.75, 3.05) is 26.7 Å². The average Bonchev–Trinajstić information content (AvgIpc) is 2.34. The van der Waals surface area contributed by atoms with Crippen LogP contribution in [0.2, 0.25) is 0 Å². The molecule has 0 aromatic heterocycles. The van der Waals surface area contributed by atoms with E-state index in [4.69, 9.17) is 0 Å². The van der Waals surface area contributed by atoms with Crippen LogP contribution in [0.5, 0.6) is 0 Å². The number of likely N-dealkylation sites (tertiary alicyclic amines) is 1. The lowest BCUT2D eigenvalue weighted by Gasteiger charge is -2.23. The Kier molecular flexibility index (Phi) is 6.03. The summed E-state index contributed by atoms with van der Waals surface area (Å²) in [5.41, 5.74) is 0.414. The van der Waals surface area contributed by atoms with Crippen LogP contribution in [0.15, 0.2) is 0 Å². The van der Waals surface area contributed by atoms with Crippen molar-refractivity contribution in [3.8, 4) is 0 Å². The second-order valence-corrected chi connectivity index (χ2v) is 5.47. The van der Waals surface area contributed by atoms with Gasteiger partial charge < -0.3 is 10.2 Å². The molecule has 0 spiro atoms. The molecule has 1 atom stereocenters. The number of halogens is 1. The predicted molar refractivity (Wildman–Crippen MR) is 65.2 cm³/mol. The number of rotatable bonds is 3. The summed E-state index contributed by atoms with van der Waals surface area (Å²) in [4.78, 5) is 2.47. The monoisotopic (exact) mass is 220 g/mol. The highest BCUT2D eigenvalue weighted by molar-refractivity contribution is 5.85. The molecule has 1 rings (SSSR count). The lowest BCUT2D eigenvalue weighted by molar-refractivity contribution is 0.284. The van der Waals surface area contributed by atoms with Crippen LogP contribution < -0.4 is 5.32 Å². The van der Waals surface area contributed by atoms with E-state index in [0.29, 0.717) is 5.41 Å². The van der Waals surface area contributed by atoms with Crippen molar-refractivity contribution in [3.63, 3.8) is 0 Å². The second-order valence-electron chi connectivity index (χ2n) is 5.47. The third-order valence-corrected chi connectivity index (χ3v) is 2.71. The Bertz CT molecular complexity index is 154. The van der Waals surface area contributed by atoms with Crippen molar-refractivity contribution in [1.29, 1.82) is 0 Å². The van der Waals surface area contributed by atoms with Crippen molar-refractivity contribution in [2.24, 2.45) is 5.41 Å². The molecule has 1 N–H and O–H groups in total. The van der Waals surface area contributed by atoms with E-state index in [1.54, 1.807) is 0 Å². The van der Waals surface area contributed by atoms with Crippen LogP contribution >= 0.6 is 12.4 Å². The topological polar surface area (TPSA) is 15.3 Å². The Hall–Kier alpha value is 0.210. The summed E-state index contributed by atoms with van der Waals surface area (Å²) in [7, 11) is 2.23. The maximum atomic E-state index is 3.56. The normalized spacial score (nSPS) is 23.6. The molecule has 0 aliphatic carbocycles. The standard InChI is InChI=1S/C11H24N2.ClH/c1-11(2,3)9-12-8-10-6-5-7-13(10)4;/h10,12H,5-9H2,1-4H3;1H. The highest BCUT2D eigenvalue weighted by Gasteiger charge is 2.20. The van der Waals surface area contributed by atoms with Gasteiger partial charge in [0, 0.05) is 19.1 Å². The highest BCUT2D eigenvalue weighted by Crippen LogP contribution is 2.15. The molecule has 2 nitrogen and oxygen atoms in total. The van der Waals surface area contributed by atoms with E-state index in [-0.39, 0.29) is 12.4 Å². The van der Waals surface area contributed by atoms with E-state index >= 15 is 0 Å². The van der Waals surface area contributed by atoms with Crippen LogP contribution in [0.3, 0.4) is 0 Å². The summed E-state index contributed by atoms with van der Waals surface area (Å²) in [6, 6.07) is 0.780. The maximum Gasteiger partial charge on any atom is 0.0218 e. The van der Waals surface area contributed by atoms with Gasteiger partial charge in [0.15, 0.2) is 0 Å². The van der Waals surface area contributed by atoms with Crippen LogP contribution in [-0.2, 0) is 0 Å². The van der Waals surface area contributed by atoms with E-state index in [1.165, 1.54) is 19.4 Å². The van der Waals surface area contributed by atoms with Gasteiger partial charge in [-0.1, -0.05) is 20.8 Å². The molecule has 1 saturated heterocycles. The van der Waals surface area contributed by atoms with Crippen LogP contribution in [0.25, 0.3) is 0 Å². The molecule has 1 aliphatic rings. The van der Waals surface area contributed by atoms with Crippen LogP contribution in [0, 0.1) is 5.41 Å². The molecule has 3 heteroatoms. The van der Waals surface area contributed by atoms with E-state index in [9.17, 15) is 0 Å². The smallest absolute Gasteiger partial charge is 0.0218 e. The minimum atomic E-state index is 0. The fourth-order valence-corrected chi connectivity index (χ4v) is 1.85. The molecule has 0 radical (unpaired) electrons. The average molecular weight is 221 g/mol. The largest absolute Gasteiger partial charge is 0.315 e. The first-order chi connectivity index (χ1) is 5.99. The summed E-state index contributed by atoms with van der Waals surface area (Å²) >= 11 is 0. The summed E-state index contributed by atoms with van der Waals surface area (Å²) in [5, 5.41) is 3.56. The molecule has 0 bridgehead atoms. The third-order valence-electron chi connectivity index (χ3n) is 2.71. The van der Waals surface area contributed by atoms with E-state index in [0.717, 1.165) is 19.1 Å². The molecule has 0 saturated carbocycles. The van der Waals surface area contributed by atoms with E-state index in [2.05, 4.69) is 38.0 Å². The molecule has 0 aromatic rings. The molecule has 0 amide bonds. The first-order valence-electron chi connectivity index (χ1n) is 5.40. The van der Waals surface area contributed by atoms with Gasteiger partial charge in [0.1, 0.15) is 0 Å². The van der Waals surface area contributed by atoms with Gasteiger partial charge in [0.2, 0.25) is 0 Å². The predicted octanol–water partition coefficient (Wildman–Crippen LogP) is 2.14. The molecule has 14 heavy (non-hydrogen) atoms. The number of nitrogens with zero attached hydrogens (tertiary/aromatic N) is 1. The third kappa shape index (κ3) is 5.18. The maximum absolute atomic E-state index is 3.56. The Labute approximate surface area is 94.8 Å². The van der Waals surface area contributed by atoms with Gasteiger partial charge in [0.05, 0.1) is 0 Å². The van der Waals surface area contributed by atoms with Gasteiger partial charge in [-0.3, -0.25) is 0 Å². The molecule has 0 aromatic carbocycles. The van der Waals surface area contributed by atoms with Gasteiger partial charge >= 0.3 is 0 Å². The minimum Gasteiger partial charge on any atom is -0.315 e. The lowest BCUT2D eigenvalue weighted by atomic mass is 9.97. The summed E-state index contributed by atoms with van der Waals surface area (Å²) in [5.74, 6) is 0. The minimum absolute atomic E-state index is 0. The molecular weight excluding hydrogens is 196 g/mol. The fraction of sp³-hybridized carbons (Fsp3) is 1.00. The van der Waals surface area contributed by atoms with Gasteiger partial charge in [-0.15, -0.1) is 12.4 Å². The van der Waals surface area contributed by atoms with Gasteiger partial charge in [-0.05, 0) is 31.8 Å². The fourth-order valence-electron chi connectivity index (χ4n) is 1.85. The molecule has 1 unspecified atom stereocenters. The van der Waals surface area contributed by atoms with Gasteiger partial charge in [-0.25, -0.2) is 0 Å². The van der Waals surface area contributed by atoms with Crippen molar-refractivity contribution in [2.45, 2.75) is 39.7 Å². The molecular formula is C11H25ClN2. The van der Waals surface area contributed by atoms with Crippen LogP contribution in [0.4, 0.5) is 0 Å². The zero-order valence-electron chi connectivity index (χ0n) is 9.97. The first kappa shape index (κ1) is 14.2. The summed E-state index contributed by atoms with van der Waals surface area (Å²) in [6.07, 6.45) is 2.74. The van der Waals surface area contributed by atoms with Gasteiger partial charge in [-0.2, -0.15) is 0 Å². The quantitative estimate of drug-likeness (QED) is 0.784. The summed E-state index contributed by atoms with van der Waals surface area (Å²) < 4.78 is 0. The van der Waals surface area contributed by atoms with Gasteiger partial charge in [0.25, 0.3) is 0 Å². The first-order valence-corrected chi connectivity index (χ1v) is 5.40. The Morgan fingerprint density at radius 1 is 1.36 bits per heavy atom. The SMILES string of the molecule is CN1CCCC1CNCC(C)(C)C.Cl. The number of hydrogen-bond donors (Lipinski definition) is 1.